The van der Waals surface area contributed by atoms with E-state index in [-0.39, 0.29) is 18.1 Å². The smallest absolute Gasteiger partial charge is 0.303 e. The average Bonchev–Trinajstić information content (AvgIpc) is 2.13. The summed E-state index contributed by atoms with van der Waals surface area (Å²) in [5, 5.41) is 18.3. The van der Waals surface area contributed by atoms with E-state index in [2.05, 4.69) is 0 Å². The van der Waals surface area contributed by atoms with E-state index in [0.717, 1.165) is 18.4 Å². The third-order valence-electron chi connectivity index (χ3n) is 3.41. The fourth-order valence-electron chi connectivity index (χ4n) is 2.34. The lowest BCUT2D eigenvalue weighted by molar-refractivity contribution is -0.138. The molecular formula is C13H16O3. The van der Waals surface area contributed by atoms with Crippen molar-refractivity contribution in [3.63, 3.8) is 0 Å². The zero-order valence-electron chi connectivity index (χ0n) is 9.10. The number of aliphatic carboxylic acids is 1. The fourth-order valence-corrected chi connectivity index (χ4v) is 2.34. The number of aromatic hydroxyl groups is 1. The number of carboxylic acids is 1. The van der Waals surface area contributed by atoms with Crippen molar-refractivity contribution in [2.75, 3.05) is 0 Å². The van der Waals surface area contributed by atoms with E-state index in [0.29, 0.717) is 5.92 Å². The molecule has 3 nitrogen and oxygen atoms in total. The normalized spacial score (nSPS) is 17.8. The highest BCUT2D eigenvalue weighted by atomic mass is 16.4. The van der Waals surface area contributed by atoms with Crippen LogP contribution in [0.25, 0.3) is 0 Å². The molecule has 1 unspecified atom stereocenters. The molecule has 0 aromatic heterocycles. The van der Waals surface area contributed by atoms with E-state index in [1.807, 2.05) is 6.07 Å². The number of hydrogen-bond acceptors (Lipinski definition) is 2. The topological polar surface area (TPSA) is 57.5 Å². The summed E-state index contributed by atoms with van der Waals surface area (Å²) in [6, 6.07) is 6.98. The molecule has 2 rings (SSSR count). The van der Waals surface area contributed by atoms with Crippen LogP contribution >= 0.6 is 0 Å². The molecule has 0 spiro atoms. The van der Waals surface area contributed by atoms with Gasteiger partial charge in [-0.2, -0.15) is 0 Å². The van der Waals surface area contributed by atoms with Crippen molar-refractivity contribution in [3.05, 3.63) is 29.8 Å². The molecule has 3 heteroatoms. The monoisotopic (exact) mass is 220 g/mol. The van der Waals surface area contributed by atoms with Crippen molar-refractivity contribution in [3.8, 4) is 5.75 Å². The number of rotatable bonds is 4. The van der Waals surface area contributed by atoms with E-state index >= 15 is 0 Å². The molecular weight excluding hydrogens is 204 g/mol. The van der Waals surface area contributed by atoms with Crippen LogP contribution < -0.4 is 0 Å². The van der Waals surface area contributed by atoms with Gasteiger partial charge in [-0.3, -0.25) is 4.79 Å². The number of benzene rings is 1. The Morgan fingerprint density at radius 2 is 2.19 bits per heavy atom. The quantitative estimate of drug-likeness (QED) is 0.820. The van der Waals surface area contributed by atoms with Crippen LogP contribution in [-0.2, 0) is 4.79 Å². The predicted octanol–water partition coefficient (Wildman–Crippen LogP) is 2.75. The van der Waals surface area contributed by atoms with Gasteiger partial charge < -0.3 is 10.2 Å². The second-order valence-electron chi connectivity index (χ2n) is 4.49. The lowest BCUT2D eigenvalue weighted by atomic mass is 9.72. The Balaban J connectivity index is 2.19. The Morgan fingerprint density at radius 3 is 2.69 bits per heavy atom. The van der Waals surface area contributed by atoms with Gasteiger partial charge in [-0.15, -0.1) is 0 Å². The van der Waals surface area contributed by atoms with Crippen LogP contribution in [0.15, 0.2) is 24.3 Å². The Bertz CT molecular complexity index is 383. The molecule has 1 saturated carbocycles. The summed E-state index contributed by atoms with van der Waals surface area (Å²) < 4.78 is 0. The second-order valence-corrected chi connectivity index (χ2v) is 4.49. The SMILES string of the molecule is O=C(O)CC(c1cccc(O)c1)C1CCC1. The van der Waals surface area contributed by atoms with Gasteiger partial charge in [0, 0.05) is 0 Å². The molecule has 1 atom stereocenters. The van der Waals surface area contributed by atoms with Crippen LogP contribution in [0.3, 0.4) is 0 Å². The van der Waals surface area contributed by atoms with Gasteiger partial charge in [0.25, 0.3) is 0 Å². The van der Waals surface area contributed by atoms with Gasteiger partial charge in [-0.1, -0.05) is 18.6 Å². The first-order chi connectivity index (χ1) is 7.66. The molecule has 0 saturated heterocycles. The molecule has 0 amide bonds. The molecule has 1 aliphatic carbocycles. The van der Waals surface area contributed by atoms with E-state index in [1.165, 1.54) is 6.42 Å². The third-order valence-corrected chi connectivity index (χ3v) is 3.41. The van der Waals surface area contributed by atoms with Crippen LogP contribution in [0.5, 0.6) is 5.75 Å². The van der Waals surface area contributed by atoms with Crippen LogP contribution in [0.2, 0.25) is 0 Å². The summed E-state index contributed by atoms with van der Waals surface area (Å²) in [7, 11) is 0. The van der Waals surface area contributed by atoms with Crippen LogP contribution in [0.4, 0.5) is 0 Å². The number of carboxylic acid groups (broad SMARTS) is 1. The van der Waals surface area contributed by atoms with Crippen LogP contribution in [0.1, 0.15) is 37.2 Å². The molecule has 1 fully saturated rings. The van der Waals surface area contributed by atoms with Gasteiger partial charge in [0.1, 0.15) is 5.75 Å². The standard InChI is InChI=1S/C13H16O3/c14-11-6-2-5-10(7-11)12(8-13(15)16)9-3-1-4-9/h2,5-7,9,12,14H,1,3-4,8H2,(H,15,16). The number of phenolic OH excluding ortho intramolecular Hbond substituents is 1. The lowest BCUT2D eigenvalue weighted by Crippen LogP contribution is -2.22. The highest BCUT2D eigenvalue weighted by molar-refractivity contribution is 5.68. The van der Waals surface area contributed by atoms with Crippen LogP contribution in [0, 0.1) is 5.92 Å². The summed E-state index contributed by atoms with van der Waals surface area (Å²) >= 11 is 0. The van der Waals surface area contributed by atoms with Gasteiger partial charge in [-0.05, 0) is 42.4 Å². The molecule has 1 aromatic carbocycles. The fraction of sp³-hybridized carbons (Fsp3) is 0.462. The van der Waals surface area contributed by atoms with E-state index in [1.54, 1.807) is 18.2 Å². The first kappa shape index (κ1) is 11.0. The van der Waals surface area contributed by atoms with Gasteiger partial charge in [0.2, 0.25) is 0 Å². The Morgan fingerprint density at radius 1 is 1.44 bits per heavy atom. The van der Waals surface area contributed by atoms with Crippen molar-refractivity contribution in [2.24, 2.45) is 5.92 Å². The van der Waals surface area contributed by atoms with Crippen molar-refractivity contribution in [1.29, 1.82) is 0 Å². The van der Waals surface area contributed by atoms with E-state index < -0.39 is 5.97 Å². The summed E-state index contributed by atoms with van der Waals surface area (Å²) in [4.78, 5) is 10.8. The van der Waals surface area contributed by atoms with Gasteiger partial charge in [0.15, 0.2) is 0 Å². The average molecular weight is 220 g/mol. The van der Waals surface area contributed by atoms with Crippen molar-refractivity contribution in [1.82, 2.24) is 0 Å². The summed E-state index contributed by atoms with van der Waals surface area (Å²) in [6.45, 7) is 0. The minimum absolute atomic E-state index is 0.0540. The number of carbonyl (C=O) groups is 1. The van der Waals surface area contributed by atoms with Gasteiger partial charge in [0.05, 0.1) is 6.42 Å². The summed E-state index contributed by atoms with van der Waals surface area (Å²) in [6.07, 6.45) is 3.56. The highest BCUT2D eigenvalue weighted by Gasteiger charge is 2.30. The van der Waals surface area contributed by atoms with Gasteiger partial charge >= 0.3 is 5.97 Å². The zero-order chi connectivity index (χ0) is 11.5. The predicted molar refractivity (Wildman–Crippen MR) is 60.4 cm³/mol. The first-order valence-electron chi connectivity index (χ1n) is 5.67. The summed E-state index contributed by atoms with van der Waals surface area (Å²) in [5.74, 6) is -0.0243. The van der Waals surface area contributed by atoms with Gasteiger partial charge in [-0.25, -0.2) is 0 Å². The second kappa shape index (κ2) is 4.56. The largest absolute Gasteiger partial charge is 0.508 e. The van der Waals surface area contributed by atoms with Crippen molar-refractivity contribution in [2.45, 2.75) is 31.6 Å². The molecule has 1 aromatic rings. The first-order valence-corrected chi connectivity index (χ1v) is 5.67. The minimum Gasteiger partial charge on any atom is -0.508 e. The molecule has 2 N–H and O–H groups in total. The molecule has 0 bridgehead atoms. The molecule has 16 heavy (non-hydrogen) atoms. The van der Waals surface area contributed by atoms with E-state index in [4.69, 9.17) is 5.11 Å². The molecule has 86 valence electrons. The maximum Gasteiger partial charge on any atom is 0.303 e. The summed E-state index contributed by atoms with van der Waals surface area (Å²) in [5.41, 5.74) is 0.951. The molecule has 0 heterocycles. The Hall–Kier alpha value is -1.51. The number of hydrogen-bond donors (Lipinski definition) is 2. The maximum absolute atomic E-state index is 10.8. The number of phenols is 1. The zero-order valence-corrected chi connectivity index (χ0v) is 9.10. The molecule has 1 aliphatic rings. The Kier molecular flexibility index (Phi) is 3.13. The van der Waals surface area contributed by atoms with Crippen molar-refractivity contribution < 1.29 is 15.0 Å². The van der Waals surface area contributed by atoms with Crippen molar-refractivity contribution >= 4 is 5.97 Å². The minimum atomic E-state index is -0.764. The van der Waals surface area contributed by atoms with Crippen LogP contribution in [-0.4, -0.2) is 16.2 Å². The maximum atomic E-state index is 10.8. The van der Waals surface area contributed by atoms with E-state index in [9.17, 15) is 9.90 Å². The lowest BCUT2D eigenvalue weighted by Gasteiger charge is -2.33. The Labute approximate surface area is 94.7 Å². The third kappa shape index (κ3) is 2.35. The highest BCUT2D eigenvalue weighted by Crippen LogP contribution is 2.41. The molecule has 0 radical (unpaired) electrons. The molecule has 0 aliphatic heterocycles.